The molecule has 9 heavy (non-hydrogen) atoms. The van der Waals surface area contributed by atoms with Crippen molar-refractivity contribution in [2.45, 2.75) is 13.0 Å². The van der Waals surface area contributed by atoms with Gasteiger partial charge in [0.1, 0.15) is 0 Å². The number of hydrogen-bond acceptors (Lipinski definition) is 2. The number of nitrogens with zero attached hydrogens (tertiary/aromatic N) is 3. The lowest BCUT2D eigenvalue weighted by Crippen LogP contribution is -2.10. The Balaban J connectivity index is 2.49. The fraction of sp³-hybridized carbons (Fsp3) is 1.00. The molecule has 50 valence electrons. The smallest absolute Gasteiger partial charge is 0.0655 e. The minimum absolute atomic E-state index is 0.0648. The van der Waals surface area contributed by atoms with Crippen LogP contribution < -0.4 is 0 Å². The number of rotatable bonds is 1. The lowest BCUT2D eigenvalue weighted by molar-refractivity contribution is 0.186. The van der Waals surface area contributed by atoms with Crippen molar-refractivity contribution >= 4 is 0 Å². The van der Waals surface area contributed by atoms with Crippen LogP contribution in [-0.4, -0.2) is 19.3 Å². The zero-order chi connectivity index (χ0) is 6.69. The SMILES string of the molecule is C[C@@H]1COCC1N=[N+]=[N-]. The maximum Gasteiger partial charge on any atom is 0.0655 e. The normalized spacial score (nSPS) is 33.9. The molecule has 0 aromatic heterocycles. The van der Waals surface area contributed by atoms with E-state index in [9.17, 15) is 0 Å². The first kappa shape index (κ1) is 6.39. The monoisotopic (exact) mass is 127 g/mol. The van der Waals surface area contributed by atoms with Gasteiger partial charge in [0.2, 0.25) is 0 Å². The van der Waals surface area contributed by atoms with E-state index in [0.29, 0.717) is 12.5 Å². The highest BCUT2D eigenvalue weighted by atomic mass is 16.5. The molecule has 2 atom stereocenters. The van der Waals surface area contributed by atoms with E-state index in [1.807, 2.05) is 6.92 Å². The Hall–Kier alpha value is -0.730. The topological polar surface area (TPSA) is 58.0 Å². The van der Waals surface area contributed by atoms with Crippen molar-refractivity contribution in [2.75, 3.05) is 13.2 Å². The molecule has 1 fully saturated rings. The highest BCUT2D eigenvalue weighted by Gasteiger charge is 2.22. The van der Waals surface area contributed by atoms with Gasteiger partial charge in [0.15, 0.2) is 0 Å². The third-order valence-electron chi connectivity index (χ3n) is 1.53. The van der Waals surface area contributed by atoms with Gasteiger partial charge in [0, 0.05) is 11.5 Å². The first-order valence-electron chi connectivity index (χ1n) is 2.96. The van der Waals surface area contributed by atoms with E-state index in [0.717, 1.165) is 6.61 Å². The van der Waals surface area contributed by atoms with Gasteiger partial charge in [-0.1, -0.05) is 12.0 Å². The van der Waals surface area contributed by atoms with E-state index in [2.05, 4.69) is 10.0 Å². The van der Waals surface area contributed by atoms with Crippen LogP contribution in [0.1, 0.15) is 6.92 Å². The van der Waals surface area contributed by atoms with E-state index in [1.54, 1.807) is 0 Å². The van der Waals surface area contributed by atoms with Crippen LogP contribution in [0.5, 0.6) is 0 Å². The molecule has 0 aliphatic carbocycles. The first-order valence-corrected chi connectivity index (χ1v) is 2.96. The second-order valence-corrected chi connectivity index (χ2v) is 2.29. The van der Waals surface area contributed by atoms with Gasteiger partial charge in [-0.3, -0.25) is 0 Å². The zero-order valence-corrected chi connectivity index (χ0v) is 5.32. The molecule has 1 aliphatic rings. The van der Waals surface area contributed by atoms with Gasteiger partial charge >= 0.3 is 0 Å². The molecule has 0 spiro atoms. The van der Waals surface area contributed by atoms with E-state index < -0.39 is 0 Å². The lowest BCUT2D eigenvalue weighted by Gasteiger charge is -2.01. The standard InChI is InChI=1S/C5H9N3O/c1-4-2-9-3-5(4)7-8-6/h4-5H,2-3H2,1H3/t4-,5?/m1/s1. The summed E-state index contributed by atoms with van der Waals surface area (Å²) in [4.78, 5) is 2.71. The molecule has 1 aliphatic heterocycles. The molecule has 4 nitrogen and oxygen atoms in total. The number of hydrogen-bond donors (Lipinski definition) is 0. The molecule has 0 amide bonds. The van der Waals surface area contributed by atoms with Crippen molar-refractivity contribution in [2.24, 2.45) is 11.0 Å². The largest absolute Gasteiger partial charge is 0.381 e. The van der Waals surface area contributed by atoms with Gasteiger partial charge in [0.05, 0.1) is 12.6 Å². The Labute approximate surface area is 53.4 Å². The molecule has 0 N–H and O–H groups in total. The second-order valence-electron chi connectivity index (χ2n) is 2.29. The van der Waals surface area contributed by atoms with Crippen molar-refractivity contribution in [1.29, 1.82) is 0 Å². The minimum atomic E-state index is 0.0648. The zero-order valence-electron chi connectivity index (χ0n) is 5.32. The lowest BCUT2D eigenvalue weighted by atomic mass is 10.1. The van der Waals surface area contributed by atoms with Gasteiger partial charge < -0.3 is 4.74 Å². The quantitative estimate of drug-likeness (QED) is 0.298. The molecule has 0 bridgehead atoms. The Bertz CT molecular complexity index is 141. The summed E-state index contributed by atoms with van der Waals surface area (Å²) in [5.41, 5.74) is 8.05. The number of ether oxygens (including phenoxy) is 1. The molecule has 0 aromatic rings. The third kappa shape index (κ3) is 1.34. The van der Waals surface area contributed by atoms with Crippen LogP contribution in [0.3, 0.4) is 0 Å². The molecule has 0 aromatic carbocycles. The molecule has 0 saturated carbocycles. The van der Waals surface area contributed by atoms with Gasteiger partial charge in [0.25, 0.3) is 0 Å². The van der Waals surface area contributed by atoms with Crippen molar-refractivity contribution in [1.82, 2.24) is 0 Å². The molecule has 1 rings (SSSR count). The van der Waals surface area contributed by atoms with Crippen molar-refractivity contribution in [3.63, 3.8) is 0 Å². The van der Waals surface area contributed by atoms with Crippen LogP contribution >= 0.6 is 0 Å². The van der Waals surface area contributed by atoms with Crippen LogP contribution in [0.25, 0.3) is 10.4 Å². The van der Waals surface area contributed by atoms with Crippen molar-refractivity contribution < 1.29 is 4.74 Å². The number of azide groups is 1. The molecular weight excluding hydrogens is 118 g/mol. The Morgan fingerprint density at radius 3 is 2.89 bits per heavy atom. The molecule has 0 radical (unpaired) electrons. The molecular formula is C5H9N3O. The molecule has 1 saturated heterocycles. The summed E-state index contributed by atoms with van der Waals surface area (Å²) in [6.07, 6.45) is 0. The first-order chi connectivity index (χ1) is 4.34. The van der Waals surface area contributed by atoms with E-state index in [1.165, 1.54) is 0 Å². The van der Waals surface area contributed by atoms with Crippen molar-refractivity contribution in [3.05, 3.63) is 10.4 Å². The predicted octanol–water partition coefficient (Wildman–Crippen LogP) is 1.33. The maximum atomic E-state index is 8.05. The fourth-order valence-corrected chi connectivity index (χ4v) is 0.863. The van der Waals surface area contributed by atoms with Gasteiger partial charge in [-0.2, -0.15) is 0 Å². The van der Waals surface area contributed by atoms with Crippen LogP contribution in [-0.2, 0) is 4.74 Å². The summed E-state index contributed by atoms with van der Waals surface area (Å²) in [6, 6.07) is 0.0648. The summed E-state index contributed by atoms with van der Waals surface area (Å²) in [5.74, 6) is 0.390. The van der Waals surface area contributed by atoms with Crippen molar-refractivity contribution in [3.8, 4) is 0 Å². The molecule has 1 unspecified atom stereocenters. The Morgan fingerprint density at radius 1 is 1.67 bits per heavy atom. The minimum Gasteiger partial charge on any atom is -0.381 e. The summed E-state index contributed by atoms with van der Waals surface area (Å²) in [7, 11) is 0. The fourth-order valence-electron chi connectivity index (χ4n) is 0.863. The summed E-state index contributed by atoms with van der Waals surface area (Å²) in [6.45, 7) is 3.33. The summed E-state index contributed by atoms with van der Waals surface area (Å²) < 4.78 is 5.06. The van der Waals surface area contributed by atoms with E-state index in [-0.39, 0.29) is 6.04 Å². The van der Waals surface area contributed by atoms with Crippen LogP contribution in [0.2, 0.25) is 0 Å². The van der Waals surface area contributed by atoms with Gasteiger partial charge in [-0.05, 0) is 11.4 Å². The van der Waals surface area contributed by atoms with Crippen LogP contribution in [0.4, 0.5) is 0 Å². The van der Waals surface area contributed by atoms with E-state index >= 15 is 0 Å². The summed E-state index contributed by atoms with van der Waals surface area (Å²) >= 11 is 0. The van der Waals surface area contributed by atoms with Gasteiger partial charge in [-0.15, -0.1) is 0 Å². The van der Waals surface area contributed by atoms with Crippen LogP contribution in [0, 0.1) is 5.92 Å². The highest BCUT2D eigenvalue weighted by Crippen LogP contribution is 2.15. The Morgan fingerprint density at radius 2 is 2.44 bits per heavy atom. The average Bonchev–Trinajstić information content (AvgIpc) is 2.18. The van der Waals surface area contributed by atoms with E-state index in [4.69, 9.17) is 10.3 Å². The average molecular weight is 127 g/mol. The highest BCUT2D eigenvalue weighted by molar-refractivity contribution is 4.77. The molecule has 4 heteroatoms. The maximum absolute atomic E-state index is 8.05. The Kier molecular flexibility index (Phi) is 1.92. The van der Waals surface area contributed by atoms with Crippen LogP contribution in [0.15, 0.2) is 5.11 Å². The second kappa shape index (κ2) is 2.71. The van der Waals surface area contributed by atoms with Gasteiger partial charge in [-0.25, -0.2) is 0 Å². The molecule has 1 heterocycles. The predicted molar refractivity (Wildman–Crippen MR) is 32.9 cm³/mol. The summed E-state index contributed by atoms with van der Waals surface area (Å²) in [5, 5.41) is 3.56. The third-order valence-corrected chi connectivity index (χ3v) is 1.53.